The second kappa shape index (κ2) is 5.95. The molecule has 1 aliphatic rings. The number of hydrogen-bond donors (Lipinski definition) is 1. The third-order valence-corrected chi connectivity index (χ3v) is 4.49. The van der Waals surface area contributed by atoms with E-state index in [4.69, 9.17) is 5.73 Å². The normalized spacial score (nSPS) is 17.5. The van der Waals surface area contributed by atoms with Crippen LogP contribution < -0.4 is 10.6 Å². The van der Waals surface area contributed by atoms with Gasteiger partial charge in [-0.2, -0.15) is 5.10 Å². The van der Waals surface area contributed by atoms with E-state index in [-0.39, 0.29) is 0 Å². The van der Waals surface area contributed by atoms with E-state index in [0.29, 0.717) is 6.54 Å². The van der Waals surface area contributed by atoms with Crippen LogP contribution in [0.5, 0.6) is 0 Å². The Morgan fingerprint density at radius 2 is 1.95 bits per heavy atom. The fourth-order valence-electron chi connectivity index (χ4n) is 3.30. The van der Waals surface area contributed by atoms with Gasteiger partial charge in [0.05, 0.1) is 5.69 Å². The Balaban J connectivity index is 2.15. The van der Waals surface area contributed by atoms with Crippen molar-refractivity contribution in [3.8, 4) is 0 Å². The lowest BCUT2D eigenvalue weighted by atomic mass is 9.86. The average Bonchev–Trinajstić information content (AvgIpc) is 2.65. The number of nitrogens with two attached hydrogens (primary N) is 1. The molecule has 1 aromatic rings. The third kappa shape index (κ3) is 2.94. The highest BCUT2D eigenvalue weighted by molar-refractivity contribution is 5.50. The van der Waals surface area contributed by atoms with Crippen LogP contribution in [0.2, 0.25) is 0 Å². The SMILES string of the molecule is Cc1nn(C)c(N2CCC(C(C)C)CC2)c1CCN. The molecule has 0 aliphatic carbocycles. The van der Waals surface area contributed by atoms with Gasteiger partial charge in [0.2, 0.25) is 0 Å². The van der Waals surface area contributed by atoms with E-state index < -0.39 is 0 Å². The summed E-state index contributed by atoms with van der Waals surface area (Å²) in [4.78, 5) is 2.50. The van der Waals surface area contributed by atoms with Crippen molar-refractivity contribution < 1.29 is 0 Å². The number of nitrogens with zero attached hydrogens (tertiary/aromatic N) is 3. The Labute approximate surface area is 117 Å². The number of rotatable bonds is 4. The Morgan fingerprint density at radius 1 is 1.32 bits per heavy atom. The minimum atomic E-state index is 0.696. The second-order valence-corrected chi connectivity index (χ2v) is 6.12. The number of hydrogen-bond acceptors (Lipinski definition) is 3. The zero-order chi connectivity index (χ0) is 14.0. The summed E-state index contributed by atoms with van der Waals surface area (Å²) < 4.78 is 2.04. The molecule has 0 aromatic carbocycles. The second-order valence-electron chi connectivity index (χ2n) is 6.12. The van der Waals surface area contributed by atoms with E-state index in [0.717, 1.165) is 37.0 Å². The van der Waals surface area contributed by atoms with E-state index in [9.17, 15) is 0 Å². The minimum absolute atomic E-state index is 0.696. The van der Waals surface area contributed by atoms with Crippen molar-refractivity contribution in [2.45, 2.75) is 40.0 Å². The molecule has 1 aliphatic heterocycles. The van der Waals surface area contributed by atoms with Gasteiger partial charge in [-0.1, -0.05) is 13.8 Å². The Morgan fingerprint density at radius 3 is 2.47 bits per heavy atom. The molecule has 0 atom stereocenters. The molecule has 0 unspecified atom stereocenters. The van der Waals surface area contributed by atoms with Crippen LogP contribution in [-0.2, 0) is 13.5 Å². The molecule has 19 heavy (non-hydrogen) atoms. The molecule has 1 aromatic heterocycles. The maximum Gasteiger partial charge on any atom is 0.130 e. The van der Waals surface area contributed by atoms with Gasteiger partial charge in [-0.3, -0.25) is 4.68 Å². The maximum absolute atomic E-state index is 5.74. The molecule has 0 spiro atoms. The third-order valence-electron chi connectivity index (χ3n) is 4.49. The van der Waals surface area contributed by atoms with Crippen LogP contribution in [0.15, 0.2) is 0 Å². The largest absolute Gasteiger partial charge is 0.357 e. The van der Waals surface area contributed by atoms with Gasteiger partial charge in [0.1, 0.15) is 5.82 Å². The fraction of sp³-hybridized carbons (Fsp3) is 0.800. The topological polar surface area (TPSA) is 47.1 Å². The lowest BCUT2D eigenvalue weighted by Crippen LogP contribution is -2.37. The molecule has 0 saturated carbocycles. The highest BCUT2D eigenvalue weighted by atomic mass is 15.4. The number of aromatic nitrogens is 2. The number of piperidine rings is 1. The fourth-order valence-corrected chi connectivity index (χ4v) is 3.30. The van der Waals surface area contributed by atoms with Gasteiger partial charge >= 0.3 is 0 Å². The van der Waals surface area contributed by atoms with Gasteiger partial charge in [-0.25, -0.2) is 0 Å². The van der Waals surface area contributed by atoms with E-state index in [2.05, 4.69) is 37.8 Å². The molecule has 4 nitrogen and oxygen atoms in total. The van der Waals surface area contributed by atoms with Crippen molar-refractivity contribution in [1.29, 1.82) is 0 Å². The van der Waals surface area contributed by atoms with Crippen molar-refractivity contribution in [3.63, 3.8) is 0 Å². The summed E-state index contributed by atoms with van der Waals surface area (Å²) in [5, 5.41) is 4.58. The van der Waals surface area contributed by atoms with Gasteiger partial charge in [0.25, 0.3) is 0 Å². The molecule has 4 heteroatoms. The van der Waals surface area contributed by atoms with Crippen LogP contribution in [0, 0.1) is 18.8 Å². The first-order chi connectivity index (χ1) is 9.04. The van der Waals surface area contributed by atoms with Crippen molar-refractivity contribution in [3.05, 3.63) is 11.3 Å². The summed E-state index contributed by atoms with van der Waals surface area (Å²) in [5.74, 6) is 2.98. The molecular formula is C15H28N4. The Bertz CT molecular complexity index is 414. The van der Waals surface area contributed by atoms with Crippen molar-refractivity contribution >= 4 is 5.82 Å². The standard InChI is InChI=1S/C15H28N4/c1-11(2)13-6-9-19(10-7-13)15-14(5-8-16)12(3)17-18(15)4/h11,13H,5-10,16H2,1-4H3. The first-order valence-corrected chi connectivity index (χ1v) is 7.52. The van der Waals surface area contributed by atoms with Crippen LogP contribution in [0.3, 0.4) is 0 Å². The molecule has 108 valence electrons. The Kier molecular flexibility index (Phi) is 4.50. The minimum Gasteiger partial charge on any atom is -0.357 e. The van der Waals surface area contributed by atoms with Crippen LogP contribution in [0.1, 0.15) is 37.9 Å². The molecular weight excluding hydrogens is 236 g/mol. The van der Waals surface area contributed by atoms with Crippen LogP contribution in [-0.4, -0.2) is 29.4 Å². The van der Waals surface area contributed by atoms with Crippen LogP contribution in [0.25, 0.3) is 0 Å². The van der Waals surface area contributed by atoms with Gasteiger partial charge in [0.15, 0.2) is 0 Å². The Hall–Kier alpha value is -1.03. The van der Waals surface area contributed by atoms with Crippen LogP contribution >= 0.6 is 0 Å². The molecule has 1 fully saturated rings. The van der Waals surface area contributed by atoms with Gasteiger partial charge in [-0.05, 0) is 44.6 Å². The van der Waals surface area contributed by atoms with E-state index in [1.165, 1.54) is 24.2 Å². The maximum atomic E-state index is 5.74. The molecule has 0 amide bonds. The lowest BCUT2D eigenvalue weighted by Gasteiger charge is -2.35. The smallest absolute Gasteiger partial charge is 0.130 e. The van der Waals surface area contributed by atoms with Crippen molar-refractivity contribution in [2.75, 3.05) is 24.5 Å². The summed E-state index contributed by atoms with van der Waals surface area (Å²) in [7, 11) is 2.05. The number of anilines is 1. The summed E-state index contributed by atoms with van der Waals surface area (Å²) in [6, 6.07) is 0. The van der Waals surface area contributed by atoms with E-state index in [1.807, 2.05) is 4.68 Å². The highest BCUT2D eigenvalue weighted by Crippen LogP contribution is 2.30. The van der Waals surface area contributed by atoms with E-state index in [1.54, 1.807) is 0 Å². The monoisotopic (exact) mass is 264 g/mol. The van der Waals surface area contributed by atoms with Crippen LogP contribution in [0.4, 0.5) is 5.82 Å². The molecule has 0 radical (unpaired) electrons. The first-order valence-electron chi connectivity index (χ1n) is 7.52. The van der Waals surface area contributed by atoms with Gasteiger partial charge in [-0.15, -0.1) is 0 Å². The average molecular weight is 264 g/mol. The van der Waals surface area contributed by atoms with Gasteiger partial charge < -0.3 is 10.6 Å². The zero-order valence-electron chi connectivity index (χ0n) is 12.8. The number of aryl methyl sites for hydroxylation is 2. The molecule has 1 saturated heterocycles. The van der Waals surface area contributed by atoms with Gasteiger partial charge in [0, 0.05) is 25.7 Å². The van der Waals surface area contributed by atoms with Crippen molar-refractivity contribution in [1.82, 2.24) is 9.78 Å². The molecule has 2 rings (SSSR count). The lowest BCUT2D eigenvalue weighted by molar-refractivity contribution is 0.309. The zero-order valence-corrected chi connectivity index (χ0v) is 12.8. The predicted octanol–water partition coefficient (Wildman–Crippen LogP) is 2.10. The summed E-state index contributed by atoms with van der Waals surface area (Å²) in [5.41, 5.74) is 8.22. The molecule has 0 bridgehead atoms. The van der Waals surface area contributed by atoms with E-state index >= 15 is 0 Å². The predicted molar refractivity (Wildman–Crippen MR) is 80.5 cm³/mol. The highest BCUT2D eigenvalue weighted by Gasteiger charge is 2.25. The molecule has 2 N–H and O–H groups in total. The van der Waals surface area contributed by atoms with Crippen molar-refractivity contribution in [2.24, 2.45) is 24.6 Å². The summed E-state index contributed by atoms with van der Waals surface area (Å²) in [6.45, 7) is 9.78. The summed E-state index contributed by atoms with van der Waals surface area (Å²) in [6.07, 6.45) is 3.52. The summed E-state index contributed by atoms with van der Waals surface area (Å²) >= 11 is 0. The first kappa shape index (κ1) is 14.4. The molecule has 2 heterocycles. The quantitative estimate of drug-likeness (QED) is 0.906.